The Balaban J connectivity index is 2.12. The molecule has 0 aromatic heterocycles. The van der Waals surface area contributed by atoms with Gasteiger partial charge in [0, 0.05) is 11.0 Å². The van der Waals surface area contributed by atoms with Crippen LogP contribution in [-0.4, -0.2) is 11.0 Å². The minimum Gasteiger partial charge on any atom is -0.130 e. The zero-order valence-electron chi connectivity index (χ0n) is 6.82. The van der Waals surface area contributed by atoms with Gasteiger partial charge in [0.05, 0.1) is 5.53 Å². The highest BCUT2D eigenvalue weighted by Crippen LogP contribution is 2.69. The van der Waals surface area contributed by atoms with E-state index in [0.29, 0.717) is 0 Å². The molecule has 1 aliphatic rings. The maximum absolute atomic E-state index is 4.53. The van der Waals surface area contributed by atoms with Gasteiger partial charge in [0.25, 0.3) is 0 Å². The Morgan fingerprint density at radius 3 is 3.09 bits per heavy atom. The number of rotatable bonds is 3. The first kappa shape index (κ1) is 10.6. The summed E-state index contributed by atoms with van der Waals surface area (Å²) in [6, 6.07) is 0. The summed E-state index contributed by atoms with van der Waals surface area (Å²) in [6.07, 6.45) is 5.57. The molecule has 0 saturated carbocycles. The molecule has 1 fully saturated rings. The van der Waals surface area contributed by atoms with Crippen molar-refractivity contribution >= 4 is 40.5 Å². The summed E-state index contributed by atoms with van der Waals surface area (Å²) in [5, 5.41) is 0.930. The van der Waals surface area contributed by atoms with Crippen LogP contribution in [0.5, 0.6) is 0 Å². The molecule has 0 aromatic carbocycles. The van der Waals surface area contributed by atoms with Gasteiger partial charge in [-0.2, -0.15) is 0 Å². The fraction of sp³-hybridized carbons (Fsp3) is 1.00. The Bertz CT molecular complexity index is 110. The first-order valence-electron chi connectivity index (χ1n) is 4.11. The van der Waals surface area contributed by atoms with Gasteiger partial charge in [-0.15, -0.1) is 35.0 Å². The van der Waals surface area contributed by atoms with Crippen molar-refractivity contribution in [2.75, 3.05) is 5.75 Å². The van der Waals surface area contributed by atoms with Crippen LogP contribution in [0.3, 0.4) is 0 Å². The van der Waals surface area contributed by atoms with Crippen LogP contribution in [0.1, 0.15) is 32.6 Å². The van der Waals surface area contributed by atoms with E-state index in [-0.39, 0.29) is 5.53 Å². The topological polar surface area (TPSA) is 0 Å². The van der Waals surface area contributed by atoms with Gasteiger partial charge in [-0.1, -0.05) is 19.8 Å². The average Bonchev–Trinajstić information content (AvgIpc) is 2.01. The van der Waals surface area contributed by atoms with Gasteiger partial charge in [-0.3, -0.25) is 0 Å². The molecule has 0 bridgehead atoms. The molecule has 66 valence electrons. The van der Waals surface area contributed by atoms with Crippen LogP contribution in [0, 0.1) is 0 Å². The summed E-state index contributed by atoms with van der Waals surface area (Å²) < 4.78 is 0. The SMILES string of the molecule is CCCCC1CCSP(S)S1. The second-order valence-corrected chi connectivity index (χ2v) is 11.9. The van der Waals surface area contributed by atoms with Gasteiger partial charge in [0.15, 0.2) is 0 Å². The van der Waals surface area contributed by atoms with E-state index in [1.54, 1.807) is 0 Å². The number of thiol groups is 1. The third-order valence-corrected chi connectivity index (χ3v) is 9.61. The first-order valence-corrected chi connectivity index (χ1v) is 9.68. The van der Waals surface area contributed by atoms with E-state index in [9.17, 15) is 0 Å². The normalized spacial score (nSPS) is 32.2. The van der Waals surface area contributed by atoms with Crippen LogP contribution in [0.25, 0.3) is 0 Å². The lowest BCUT2D eigenvalue weighted by molar-refractivity contribution is 0.675. The monoisotopic (exact) mass is 226 g/mol. The van der Waals surface area contributed by atoms with Gasteiger partial charge in [-0.05, 0) is 12.8 Å². The Morgan fingerprint density at radius 1 is 1.64 bits per heavy atom. The van der Waals surface area contributed by atoms with Gasteiger partial charge in [0.1, 0.15) is 0 Å². The van der Waals surface area contributed by atoms with E-state index >= 15 is 0 Å². The molecule has 0 radical (unpaired) electrons. The summed E-state index contributed by atoms with van der Waals surface area (Å²) in [6.45, 7) is 2.27. The van der Waals surface area contributed by atoms with Crippen LogP contribution < -0.4 is 0 Å². The lowest BCUT2D eigenvalue weighted by atomic mass is 10.2. The van der Waals surface area contributed by atoms with E-state index in [0.717, 1.165) is 5.25 Å². The lowest BCUT2D eigenvalue weighted by Crippen LogP contribution is -2.05. The molecule has 0 aliphatic carbocycles. The molecule has 11 heavy (non-hydrogen) atoms. The van der Waals surface area contributed by atoms with Crippen LogP contribution >= 0.6 is 40.5 Å². The fourth-order valence-electron chi connectivity index (χ4n) is 1.10. The maximum atomic E-state index is 4.53. The lowest BCUT2D eigenvalue weighted by Gasteiger charge is -2.24. The molecule has 0 aromatic rings. The highest BCUT2D eigenvalue weighted by Gasteiger charge is 2.19. The molecule has 0 amide bonds. The van der Waals surface area contributed by atoms with Crippen LogP contribution in [0.2, 0.25) is 0 Å². The molecular formula is C7H15PS3. The third kappa shape index (κ3) is 4.31. The minimum absolute atomic E-state index is 0.0197. The minimum atomic E-state index is -0.0197. The predicted molar refractivity (Wildman–Crippen MR) is 63.9 cm³/mol. The first-order chi connectivity index (χ1) is 5.33. The molecule has 2 unspecified atom stereocenters. The Hall–Kier alpha value is 1.48. The molecule has 1 aliphatic heterocycles. The van der Waals surface area contributed by atoms with E-state index < -0.39 is 0 Å². The fourth-order valence-corrected chi connectivity index (χ4v) is 9.22. The van der Waals surface area contributed by atoms with E-state index in [1.165, 1.54) is 31.4 Å². The summed E-state index contributed by atoms with van der Waals surface area (Å²) in [5.41, 5.74) is -0.0197. The van der Waals surface area contributed by atoms with Crippen molar-refractivity contribution in [3.63, 3.8) is 0 Å². The van der Waals surface area contributed by atoms with Crippen LogP contribution in [0.4, 0.5) is 0 Å². The highest BCUT2D eigenvalue weighted by molar-refractivity contribution is 9.09. The van der Waals surface area contributed by atoms with Crippen LogP contribution in [0.15, 0.2) is 0 Å². The van der Waals surface area contributed by atoms with E-state index in [1.807, 2.05) is 11.4 Å². The van der Waals surface area contributed by atoms with Crippen molar-refractivity contribution in [3.8, 4) is 0 Å². The maximum Gasteiger partial charge on any atom is 0.0700 e. The van der Waals surface area contributed by atoms with Gasteiger partial charge in [0.2, 0.25) is 0 Å². The van der Waals surface area contributed by atoms with Crippen molar-refractivity contribution < 1.29 is 0 Å². The Morgan fingerprint density at radius 2 is 2.45 bits per heavy atom. The molecule has 0 nitrogen and oxygen atoms in total. The number of hydrogen-bond donors (Lipinski definition) is 1. The Kier molecular flexibility index (Phi) is 5.77. The van der Waals surface area contributed by atoms with Crippen LogP contribution in [-0.2, 0) is 0 Å². The summed E-state index contributed by atoms with van der Waals surface area (Å²) >= 11 is 8.70. The zero-order valence-corrected chi connectivity index (χ0v) is 10.2. The average molecular weight is 226 g/mol. The smallest absolute Gasteiger partial charge is 0.0700 e. The van der Waals surface area contributed by atoms with Gasteiger partial charge >= 0.3 is 0 Å². The molecule has 4 heteroatoms. The predicted octanol–water partition coefficient (Wildman–Crippen LogP) is 4.57. The molecule has 0 spiro atoms. The molecular weight excluding hydrogens is 211 g/mol. The Labute approximate surface area is 84.1 Å². The van der Waals surface area contributed by atoms with E-state index in [2.05, 4.69) is 30.6 Å². The molecule has 0 N–H and O–H groups in total. The van der Waals surface area contributed by atoms with Crippen molar-refractivity contribution in [3.05, 3.63) is 0 Å². The second kappa shape index (κ2) is 6.01. The summed E-state index contributed by atoms with van der Waals surface area (Å²) in [5.74, 6) is 1.34. The summed E-state index contributed by atoms with van der Waals surface area (Å²) in [7, 11) is 0. The molecule has 2 atom stereocenters. The largest absolute Gasteiger partial charge is 0.130 e. The van der Waals surface area contributed by atoms with Crippen molar-refractivity contribution in [2.45, 2.75) is 37.9 Å². The van der Waals surface area contributed by atoms with E-state index in [4.69, 9.17) is 0 Å². The highest BCUT2D eigenvalue weighted by atomic mass is 33.4. The molecule has 1 saturated heterocycles. The molecule has 1 heterocycles. The standard InChI is InChI=1S/C7H15PS3/c1-2-3-4-7-5-6-10-8(9)11-7/h7,9H,2-6H2,1H3. The quantitative estimate of drug-likeness (QED) is 0.553. The van der Waals surface area contributed by atoms with Gasteiger partial charge in [-0.25, -0.2) is 0 Å². The van der Waals surface area contributed by atoms with Crippen molar-refractivity contribution in [2.24, 2.45) is 0 Å². The zero-order chi connectivity index (χ0) is 8.10. The van der Waals surface area contributed by atoms with Gasteiger partial charge < -0.3 is 0 Å². The second-order valence-electron chi connectivity index (χ2n) is 2.73. The third-order valence-electron chi connectivity index (χ3n) is 1.76. The van der Waals surface area contributed by atoms with Crippen molar-refractivity contribution in [1.82, 2.24) is 0 Å². The van der Waals surface area contributed by atoms with Crippen molar-refractivity contribution in [1.29, 1.82) is 0 Å². The summed E-state index contributed by atoms with van der Waals surface area (Å²) in [4.78, 5) is 0. The number of unbranched alkanes of at least 4 members (excludes halogenated alkanes) is 1. The molecule has 1 rings (SSSR count). The number of hydrogen-bond acceptors (Lipinski definition) is 3.